The predicted octanol–water partition coefficient (Wildman–Crippen LogP) is 2.76. The van der Waals surface area contributed by atoms with E-state index in [1.54, 1.807) is 16.2 Å². The Balaban J connectivity index is 1.97. The first-order valence-electron chi connectivity index (χ1n) is 8.49. The van der Waals surface area contributed by atoms with Crippen molar-refractivity contribution >= 4 is 27.1 Å². The summed E-state index contributed by atoms with van der Waals surface area (Å²) < 4.78 is 5.00. The van der Waals surface area contributed by atoms with E-state index in [1.165, 1.54) is 4.57 Å². The zero-order valence-electron chi connectivity index (χ0n) is 14.7. The van der Waals surface area contributed by atoms with Crippen molar-refractivity contribution in [2.45, 2.75) is 13.1 Å². The minimum absolute atomic E-state index is 0.214. The van der Waals surface area contributed by atoms with Crippen LogP contribution in [0.15, 0.2) is 75.0 Å². The lowest BCUT2D eigenvalue weighted by molar-refractivity contribution is 0.629. The summed E-state index contributed by atoms with van der Waals surface area (Å²) in [5.74, 6) is 0. The Hall–Kier alpha value is -2.93. The number of aryl methyl sites for hydroxylation is 1. The molecular weight excluding hydrogens is 408 g/mol. The Bertz CT molecular complexity index is 1220. The van der Waals surface area contributed by atoms with Crippen molar-refractivity contribution in [1.29, 1.82) is 0 Å². The van der Waals surface area contributed by atoms with E-state index in [0.717, 1.165) is 11.1 Å². The number of aromatic nitrogens is 4. The average Bonchev–Trinajstić information content (AvgIpc) is 2.99. The van der Waals surface area contributed by atoms with Crippen LogP contribution < -0.4 is 11.2 Å². The maximum atomic E-state index is 13.2. The van der Waals surface area contributed by atoms with Crippen LogP contribution >= 0.6 is 15.9 Å². The molecule has 0 unspecified atom stereocenters. The molecule has 2 aromatic carbocycles. The van der Waals surface area contributed by atoms with Crippen molar-refractivity contribution < 1.29 is 0 Å². The normalized spacial score (nSPS) is 11.2. The summed E-state index contributed by atoms with van der Waals surface area (Å²) in [7, 11) is 1.75. The fourth-order valence-corrected chi connectivity index (χ4v) is 3.50. The molecule has 0 spiro atoms. The van der Waals surface area contributed by atoms with Crippen LogP contribution in [-0.4, -0.2) is 18.7 Å². The van der Waals surface area contributed by atoms with Gasteiger partial charge in [0.05, 0.1) is 13.1 Å². The molecule has 27 heavy (non-hydrogen) atoms. The molecule has 0 aliphatic rings. The third kappa shape index (κ3) is 3.14. The van der Waals surface area contributed by atoms with E-state index in [9.17, 15) is 9.59 Å². The molecule has 2 heterocycles. The van der Waals surface area contributed by atoms with Gasteiger partial charge in [-0.2, -0.15) is 0 Å². The van der Waals surface area contributed by atoms with E-state index in [2.05, 4.69) is 20.9 Å². The van der Waals surface area contributed by atoms with Crippen LogP contribution in [-0.2, 0) is 20.1 Å². The van der Waals surface area contributed by atoms with Crippen LogP contribution in [0.1, 0.15) is 11.1 Å². The van der Waals surface area contributed by atoms with Crippen LogP contribution in [0.4, 0.5) is 0 Å². The first-order valence-corrected chi connectivity index (χ1v) is 9.29. The lowest BCUT2D eigenvalue weighted by Gasteiger charge is -2.12. The molecule has 0 aliphatic carbocycles. The molecule has 0 fully saturated rings. The molecule has 0 atom stereocenters. The first-order chi connectivity index (χ1) is 13.1. The van der Waals surface area contributed by atoms with Gasteiger partial charge in [0.2, 0.25) is 0 Å². The molecule has 0 amide bonds. The molecule has 0 bridgehead atoms. The lowest BCUT2D eigenvalue weighted by Crippen LogP contribution is -2.41. The highest BCUT2D eigenvalue weighted by molar-refractivity contribution is 9.10. The SMILES string of the molecule is Cn1c(Br)nc2c1c(=O)n(Cc1ccccc1)c(=O)n2Cc1ccccc1. The van der Waals surface area contributed by atoms with Crippen LogP contribution in [0.25, 0.3) is 11.2 Å². The largest absolute Gasteiger partial charge is 0.333 e. The number of hydrogen-bond donors (Lipinski definition) is 0. The Morgan fingerprint density at radius 3 is 1.93 bits per heavy atom. The van der Waals surface area contributed by atoms with Gasteiger partial charge in [-0.15, -0.1) is 0 Å². The summed E-state index contributed by atoms with van der Waals surface area (Å²) in [6, 6.07) is 19.2. The van der Waals surface area contributed by atoms with Gasteiger partial charge in [-0.05, 0) is 27.1 Å². The predicted molar refractivity (Wildman–Crippen MR) is 108 cm³/mol. The third-order valence-electron chi connectivity index (χ3n) is 4.55. The number of fused-ring (bicyclic) bond motifs is 1. The molecule has 4 aromatic rings. The zero-order chi connectivity index (χ0) is 19.0. The van der Waals surface area contributed by atoms with Gasteiger partial charge in [0.25, 0.3) is 5.56 Å². The molecule has 0 saturated heterocycles. The van der Waals surface area contributed by atoms with Gasteiger partial charge in [0.15, 0.2) is 15.9 Å². The van der Waals surface area contributed by atoms with Gasteiger partial charge < -0.3 is 4.57 Å². The molecule has 7 heteroatoms. The zero-order valence-corrected chi connectivity index (χ0v) is 16.3. The van der Waals surface area contributed by atoms with Crippen molar-refractivity contribution in [1.82, 2.24) is 18.7 Å². The topological polar surface area (TPSA) is 61.8 Å². The van der Waals surface area contributed by atoms with Crippen molar-refractivity contribution in [3.63, 3.8) is 0 Å². The maximum Gasteiger partial charge on any atom is 0.333 e. The molecule has 136 valence electrons. The molecule has 0 aliphatic heterocycles. The van der Waals surface area contributed by atoms with E-state index >= 15 is 0 Å². The second kappa shape index (κ2) is 7.00. The minimum atomic E-state index is -0.370. The smallest absolute Gasteiger partial charge is 0.316 e. The van der Waals surface area contributed by atoms with Gasteiger partial charge in [0.1, 0.15) is 0 Å². The fraction of sp³-hybridized carbons (Fsp3) is 0.150. The molecule has 6 nitrogen and oxygen atoms in total. The van der Waals surface area contributed by atoms with Crippen molar-refractivity contribution in [2.24, 2.45) is 7.05 Å². The monoisotopic (exact) mass is 424 g/mol. The Morgan fingerprint density at radius 1 is 0.852 bits per heavy atom. The number of nitrogens with zero attached hydrogens (tertiary/aromatic N) is 4. The van der Waals surface area contributed by atoms with E-state index < -0.39 is 0 Å². The quantitative estimate of drug-likeness (QED) is 0.473. The van der Waals surface area contributed by atoms with Crippen molar-refractivity contribution in [3.05, 3.63) is 97.4 Å². The molecule has 0 N–H and O–H groups in total. The van der Waals surface area contributed by atoms with Crippen molar-refractivity contribution in [3.8, 4) is 0 Å². The standard InChI is InChI=1S/C20H17BrN4O2/c1-23-16-17(22-19(23)21)24(12-14-8-4-2-5-9-14)20(27)25(18(16)26)13-15-10-6-3-7-11-15/h2-11H,12-13H2,1H3. The van der Waals surface area contributed by atoms with E-state index in [0.29, 0.717) is 22.4 Å². The van der Waals surface area contributed by atoms with Crippen LogP contribution in [0.2, 0.25) is 0 Å². The average molecular weight is 425 g/mol. The molecule has 0 radical (unpaired) electrons. The van der Waals surface area contributed by atoms with Gasteiger partial charge in [0, 0.05) is 7.05 Å². The van der Waals surface area contributed by atoms with E-state index in [1.807, 2.05) is 60.7 Å². The van der Waals surface area contributed by atoms with E-state index in [4.69, 9.17) is 0 Å². The maximum absolute atomic E-state index is 13.2. The number of rotatable bonds is 4. The van der Waals surface area contributed by atoms with Crippen molar-refractivity contribution in [2.75, 3.05) is 0 Å². The Morgan fingerprint density at radius 2 is 1.37 bits per heavy atom. The highest BCUT2D eigenvalue weighted by Crippen LogP contribution is 2.16. The van der Waals surface area contributed by atoms with Crippen LogP contribution in [0, 0.1) is 0 Å². The highest BCUT2D eigenvalue weighted by atomic mass is 79.9. The lowest BCUT2D eigenvalue weighted by atomic mass is 10.2. The second-order valence-corrected chi connectivity index (χ2v) is 7.05. The van der Waals surface area contributed by atoms with Gasteiger partial charge in [-0.25, -0.2) is 9.78 Å². The summed E-state index contributed by atoms with van der Waals surface area (Å²) in [4.78, 5) is 30.7. The summed E-state index contributed by atoms with van der Waals surface area (Å²) in [5, 5.41) is 0. The number of halogens is 1. The Kier molecular flexibility index (Phi) is 4.53. The van der Waals surface area contributed by atoms with E-state index in [-0.39, 0.29) is 17.8 Å². The fourth-order valence-electron chi connectivity index (χ4n) is 3.15. The van der Waals surface area contributed by atoms with Gasteiger partial charge in [-0.1, -0.05) is 60.7 Å². The summed E-state index contributed by atoms with van der Waals surface area (Å²) in [6.07, 6.45) is 0. The highest BCUT2D eigenvalue weighted by Gasteiger charge is 2.19. The Labute approximate surface area is 163 Å². The third-order valence-corrected chi connectivity index (χ3v) is 5.26. The summed E-state index contributed by atoms with van der Waals surface area (Å²) in [5.41, 5.74) is 1.92. The van der Waals surface area contributed by atoms with Crippen LogP contribution in [0.3, 0.4) is 0 Å². The van der Waals surface area contributed by atoms with Crippen LogP contribution in [0.5, 0.6) is 0 Å². The second-order valence-electron chi connectivity index (χ2n) is 6.34. The summed E-state index contributed by atoms with van der Waals surface area (Å²) in [6.45, 7) is 0.556. The molecule has 2 aromatic heterocycles. The molecule has 0 saturated carbocycles. The number of hydrogen-bond acceptors (Lipinski definition) is 3. The minimum Gasteiger partial charge on any atom is -0.316 e. The van der Waals surface area contributed by atoms with Gasteiger partial charge in [-0.3, -0.25) is 13.9 Å². The molecule has 4 rings (SSSR count). The van der Waals surface area contributed by atoms with Gasteiger partial charge >= 0.3 is 5.69 Å². The first kappa shape index (κ1) is 17.5. The number of imidazole rings is 1. The molecular formula is C20H17BrN4O2. The number of benzene rings is 2. The summed E-state index contributed by atoms with van der Waals surface area (Å²) >= 11 is 3.37.